The normalized spacial score (nSPS) is 10.3. The van der Waals surface area contributed by atoms with Gasteiger partial charge in [0.25, 0.3) is 0 Å². The molecule has 2 rings (SSSR count). The summed E-state index contributed by atoms with van der Waals surface area (Å²) in [5, 5.41) is 15.6. The van der Waals surface area contributed by atoms with Gasteiger partial charge >= 0.3 is 11.9 Å². The van der Waals surface area contributed by atoms with Crippen LogP contribution in [0.3, 0.4) is 0 Å². The maximum Gasteiger partial charge on any atom is 0.356 e. The number of hydrogen-bond donors (Lipinski definition) is 2. The average Bonchev–Trinajstić information content (AvgIpc) is 2.71. The summed E-state index contributed by atoms with van der Waals surface area (Å²) in [6.45, 7) is 0. The van der Waals surface area contributed by atoms with E-state index >= 15 is 0 Å². The standard InChI is InChI=1S/C10H8N2O4/c1-16-10(15)8-5-3-2-4-6(9(13)14)7(5)11-12-8/h2-4H,1H3,(H,11,12)(H,13,14). The van der Waals surface area contributed by atoms with Crippen molar-refractivity contribution in [2.75, 3.05) is 7.11 Å². The minimum absolute atomic E-state index is 0.0453. The fourth-order valence-corrected chi connectivity index (χ4v) is 1.47. The number of carboxylic acid groups (broad SMARTS) is 1. The van der Waals surface area contributed by atoms with Crippen LogP contribution in [-0.4, -0.2) is 34.4 Å². The number of carboxylic acids is 1. The Bertz CT molecular complexity index is 573. The molecule has 1 aromatic carbocycles. The third-order valence-corrected chi connectivity index (χ3v) is 2.20. The van der Waals surface area contributed by atoms with Gasteiger partial charge in [-0.3, -0.25) is 5.10 Å². The van der Waals surface area contributed by atoms with Gasteiger partial charge in [0.1, 0.15) is 5.52 Å². The molecule has 1 aromatic heterocycles. The van der Waals surface area contributed by atoms with Crippen molar-refractivity contribution in [3.05, 3.63) is 29.5 Å². The molecule has 0 saturated heterocycles. The number of carbonyl (C=O) groups excluding carboxylic acids is 1. The molecule has 16 heavy (non-hydrogen) atoms. The van der Waals surface area contributed by atoms with Crippen LogP contribution in [0.25, 0.3) is 10.9 Å². The minimum atomic E-state index is -1.09. The van der Waals surface area contributed by atoms with Crippen LogP contribution < -0.4 is 0 Å². The summed E-state index contributed by atoms with van der Waals surface area (Å²) in [6, 6.07) is 4.58. The first-order valence-corrected chi connectivity index (χ1v) is 4.44. The smallest absolute Gasteiger partial charge is 0.356 e. The van der Waals surface area contributed by atoms with Crippen LogP contribution in [0.4, 0.5) is 0 Å². The Morgan fingerprint density at radius 1 is 1.44 bits per heavy atom. The lowest BCUT2D eigenvalue weighted by Crippen LogP contribution is -2.02. The Hall–Kier alpha value is -2.37. The lowest BCUT2D eigenvalue weighted by molar-refractivity contribution is 0.0595. The molecule has 0 fully saturated rings. The second kappa shape index (κ2) is 3.65. The largest absolute Gasteiger partial charge is 0.478 e. The second-order valence-electron chi connectivity index (χ2n) is 3.10. The molecule has 0 aliphatic rings. The van der Waals surface area contributed by atoms with Crippen molar-refractivity contribution in [3.8, 4) is 0 Å². The Kier molecular flexibility index (Phi) is 2.32. The van der Waals surface area contributed by atoms with E-state index in [1.54, 1.807) is 12.1 Å². The number of esters is 1. The number of para-hydroxylation sites is 1. The number of H-pyrrole nitrogens is 1. The molecule has 0 spiro atoms. The van der Waals surface area contributed by atoms with Crippen LogP contribution >= 0.6 is 0 Å². The molecule has 2 N–H and O–H groups in total. The zero-order valence-electron chi connectivity index (χ0n) is 8.35. The van der Waals surface area contributed by atoms with Gasteiger partial charge in [-0.05, 0) is 6.07 Å². The molecule has 0 radical (unpaired) electrons. The van der Waals surface area contributed by atoms with Gasteiger partial charge in [0, 0.05) is 5.39 Å². The van der Waals surface area contributed by atoms with Gasteiger partial charge in [-0.25, -0.2) is 9.59 Å². The van der Waals surface area contributed by atoms with Gasteiger partial charge in [-0.2, -0.15) is 5.10 Å². The van der Waals surface area contributed by atoms with E-state index in [1.165, 1.54) is 13.2 Å². The van der Waals surface area contributed by atoms with E-state index in [4.69, 9.17) is 5.11 Å². The molecule has 0 aliphatic heterocycles. The summed E-state index contributed by atoms with van der Waals surface area (Å²) >= 11 is 0. The number of ether oxygens (including phenoxy) is 1. The average molecular weight is 220 g/mol. The third kappa shape index (κ3) is 1.40. The number of fused-ring (bicyclic) bond motifs is 1. The van der Waals surface area contributed by atoms with Gasteiger partial charge in [-0.15, -0.1) is 0 Å². The summed E-state index contributed by atoms with van der Waals surface area (Å²) < 4.78 is 4.55. The highest BCUT2D eigenvalue weighted by Crippen LogP contribution is 2.20. The number of nitrogens with zero attached hydrogens (tertiary/aromatic N) is 1. The highest BCUT2D eigenvalue weighted by Gasteiger charge is 2.17. The van der Waals surface area contributed by atoms with Crippen molar-refractivity contribution in [2.24, 2.45) is 0 Å². The van der Waals surface area contributed by atoms with Gasteiger partial charge < -0.3 is 9.84 Å². The van der Waals surface area contributed by atoms with Crippen molar-refractivity contribution in [1.29, 1.82) is 0 Å². The first-order chi connectivity index (χ1) is 7.65. The number of aromatic amines is 1. The van der Waals surface area contributed by atoms with Crippen LogP contribution in [0.1, 0.15) is 20.8 Å². The lowest BCUT2D eigenvalue weighted by Gasteiger charge is -1.96. The molecule has 0 amide bonds. The number of carbonyl (C=O) groups is 2. The molecule has 0 unspecified atom stereocenters. The predicted octanol–water partition coefficient (Wildman–Crippen LogP) is 1.05. The molecule has 6 nitrogen and oxygen atoms in total. The first-order valence-electron chi connectivity index (χ1n) is 4.44. The Labute approximate surface area is 89.8 Å². The molecule has 82 valence electrons. The second-order valence-corrected chi connectivity index (χ2v) is 3.10. The number of methoxy groups -OCH3 is 1. The zero-order chi connectivity index (χ0) is 11.7. The highest BCUT2D eigenvalue weighted by molar-refractivity contribution is 6.08. The van der Waals surface area contributed by atoms with E-state index in [9.17, 15) is 9.59 Å². The lowest BCUT2D eigenvalue weighted by atomic mass is 10.1. The predicted molar refractivity (Wildman–Crippen MR) is 54.4 cm³/mol. The number of aromatic carboxylic acids is 1. The van der Waals surface area contributed by atoms with Gasteiger partial charge in [0.05, 0.1) is 12.7 Å². The van der Waals surface area contributed by atoms with E-state index in [-0.39, 0.29) is 16.8 Å². The number of benzene rings is 1. The number of rotatable bonds is 2. The van der Waals surface area contributed by atoms with Crippen molar-refractivity contribution in [2.45, 2.75) is 0 Å². The molecular formula is C10H8N2O4. The van der Waals surface area contributed by atoms with E-state index in [0.29, 0.717) is 5.39 Å². The van der Waals surface area contributed by atoms with E-state index in [2.05, 4.69) is 14.9 Å². The van der Waals surface area contributed by atoms with Crippen LogP contribution in [0, 0.1) is 0 Å². The molecule has 6 heteroatoms. The maximum atomic E-state index is 11.3. The molecule has 1 heterocycles. The van der Waals surface area contributed by atoms with Crippen molar-refractivity contribution < 1.29 is 19.4 Å². The maximum absolute atomic E-state index is 11.3. The van der Waals surface area contributed by atoms with Gasteiger partial charge in [-0.1, -0.05) is 12.1 Å². The summed E-state index contributed by atoms with van der Waals surface area (Å²) in [5.74, 6) is -1.67. The summed E-state index contributed by atoms with van der Waals surface area (Å²) in [4.78, 5) is 22.2. The summed E-state index contributed by atoms with van der Waals surface area (Å²) in [5.41, 5.74) is 0.444. The van der Waals surface area contributed by atoms with E-state index < -0.39 is 11.9 Å². The minimum Gasteiger partial charge on any atom is -0.478 e. The fraction of sp³-hybridized carbons (Fsp3) is 0.100. The molecule has 0 atom stereocenters. The van der Waals surface area contributed by atoms with E-state index in [1.807, 2.05) is 0 Å². The first kappa shape index (κ1) is 10.2. The SMILES string of the molecule is COC(=O)c1[nH]nc2c(C(=O)O)cccc12. The summed E-state index contributed by atoms with van der Waals surface area (Å²) in [6.07, 6.45) is 0. The molecule has 0 saturated carbocycles. The Balaban J connectivity index is 2.71. The van der Waals surface area contributed by atoms with Crippen molar-refractivity contribution in [1.82, 2.24) is 10.2 Å². The zero-order valence-corrected chi connectivity index (χ0v) is 8.35. The molecule has 2 aromatic rings. The number of aromatic nitrogens is 2. The molecule has 0 aliphatic carbocycles. The fourth-order valence-electron chi connectivity index (χ4n) is 1.47. The third-order valence-electron chi connectivity index (χ3n) is 2.20. The Morgan fingerprint density at radius 3 is 2.81 bits per heavy atom. The van der Waals surface area contributed by atoms with Crippen molar-refractivity contribution in [3.63, 3.8) is 0 Å². The molecular weight excluding hydrogens is 212 g/mol. The number of hydrogen-bond acceptors (Lipinski definition) is 4. The topological polar surface area (TPSA) is 92.3 Å². The van der Waals surface area contributed by atoms with E-state index in [0.717, 1.165) is 0 Å². The van der Waals surface area contributed by atoms with Crippen LogP contribution in [0.2, 0.25) is 0 Å². The number of nitrogens with one attached hydrogen (secondary N) is 1. The van der Waals surface area contributed by atoms with Crippen molar-refractivity contribution >= 4 is 22.8 Å². The quantitative estimate of drug-likeness (QED) is 0.738. The Morgan fingerprint density at radius 2 is 2.19 bits per heavy atom. The van der Waals surface area contributed by atoms with Gasteiger partial charge in [0.15, 0.2) is 5.69 Å². The van der Waals surface area contributed by atoms with Crippen LogP contribution in [0.15, 0.2) is 18.2 Å². The summed E-state index contributed by atoms with van der Waals surface area (Å²) in [7, 11) is 1.25. The highest BCUT2D eigenvalue weighted by atomic mass is 16.5. The monoisotopic (exact) mass is 220 g/mol. The van der Waals surface area contributed by atoms with Crippen LogP contribution in [-0.2, 0) is 4.74 Å². The molecule has 0 bridgehead atoms. The van der Waals surface area contributed by atoms with Gasteiger partial charge in [0.2, 0.25) is 0 Å². The van der Waals surface area contributed by atoms with Crippen LogP contribution in [0.5, 0.6) is 0 Å².